The van der Waals surface area contributed by atoms with Crippen molar-refractivity contribution in [2.24, 2.45) is 0 Å². The van der Waals surface area contributed by atoms with E-state index in [2.05, 4.69) is 48.4 Å². The van der Waals surface area contributed by atoms with Gasteiger partial charge in [-0.15, -0.1) is 0 Å². The second-order valence-corrected chi connectivity index (χ2v) is 7.44. The minimum absolute atomic E-state index is 0.156. The summed E-state index contributed by atoms with van der Waals surface area (Å²) in [6, 6.07) is 28.4. The first kappa shape index (κ1) is 18.8. The number of imidazole rings is 1. The van der Waals surface area contributed by atoms with Gasteiger partial charge in [0, 0.05) is 12.1 Å². The van der Waals surface area contributed by atoms with Gasteiger partial charge in [-0.2, -0.15) is 0 Å². The molecule has 29 heavy (non-hydrogen) atoms. The van der Waals surface area contributed by atoms with Crippen molar-refractivity contribution in [1.82, 2.24) is 9.55 Å². The molecule has 1 aromatic heterocycles. The maximum absolute atomic E-state index is 12.9. The van der Waals surface area contributed by atoms with Crippen molar-refractivity contribution in [3.05, 3.63) is 107 Å². The average Bonchev–Trinajstić information content (AvgIpc) is 3.09. The third kappa shape index (κ3) is 4.02. The number of nitrogens with one attached hydrogen (secondary N) is 2. The molecule has 0 saturated heterocycles. The molecular weight excluding hydrogens is 358 g/mol. The second kappa shape index (κ2) is 8.23. The van der Waals surface area contributed by atoms with Crippen molar-refractivity contribution in [1.29, 1.82) is 0 Å². The van der Waals surface area contributed by atoms with Crippen LogP contribution in [0.3, 0.4) is 0 Å². The molecule has 0 bridgehead atoms. The summed E-state index contributed by atoms with van der Waals surface area (Å²) in [5, 5.41) is 3.41. The predicted molar refractivity (Wildman–Crippen MR) is 120 cm³/mol. The fourth-order valence-corrected chi connectivity index (χ4v) is 3.47. The largest absolute Gasteiger partial charge is 0.366 e. The second-order valence-electron chi connectivity index (χ2n) is 7.44. The van der Waals surface area contributed by atoms with E-state index < -0.39 is 0 Å². The average molecular weight is 383 g/mol. The fourth-order valence-electron chi connectivity index (χ4n) is 3.47. The van der Waals surface area contributed by atoms with Gasteiger partial charge in [0.15, 0.2) is 0 Å². The normalized spacial score (nSPS) is 11.0. The summed E-state index contributed by atoms with van der Waals surface area (Å²) in [5.41, 5.74) is 4.92. The molecule has 4 nitrogen and oxygen atoms in total. The first-order valence-corrected chi connectivity index (χ1v) is 9.92. The molecule has 146 valence electrons. The van der Waals surface area contributed by atoms with Gasteiger partial charge in [-0.05, 0) is 29.2 Å². The Morgan fingerprint density at radius 2 is 1.48 bits per heavy atom. The maximum Gasteiger partial charge on any atom is 0.332 e. The molecule has 3 aromatic carbocycles. The molecule has 4 rings (SSSR count). The summed E-state index contributed by atoms with van der Waals surface area (Å²) in [5.74, 6) is 1.17. The molecule has 1 heterocycles. The molecule has 4 heteroatoms. The number of H-pyrrole nitrogens is 1. The number of aromatic amines is 1. The molecule has 0 unspecified atom stereocenters. The zero-order valence-corrected chi connectivity index (χ0v) is 16.7. The number of hydrogen-bond donors (Lipinski definition) is 2. The Balaban J connectivity index is 1.78. The Labute approximate surface area is 170 Å². The number of benzene rings is 3. The van der Waals surface area contributed by atoms with E-state index in [9.17, 15) is 4.79 Å². The van der Waals surface area contributed by atoms with Gasteiger partial charge < -0.3 is 5.32 Å². The van der Waals surface area contributed by atoms with Gasteiger partial charge in [0.2, 0.25) is 0 Å². The van der Waals surface area contributed by atoms with Gasteiger partial charge in [0.25, 0.3) is 0 Å². The first-order chi connectivity index (χ1) is 14.1. The zero-order valence-electron chi connectivity index (χ0n) is 16.7. The van der Waals surface area contributed by atoms with Crippen molar-refractivity contribution in [3.8, 4) is 16.9 Å². The van der Waals surface area contributed by atoms with Crippen molar-refractivity contribution in [3.63, 3.8) is 0 Å². The summed E-state index contributed by atoms with van der Waals surface area (Å²) < 4.78 is 1.74. The molecule has 0 spiro atoms. The highest BCUT2D eigenvalue weighted by molar-refractivity contribution is 5.74. The van der Waals surface area contributed by atoms with Crippen LogP contribution in [0.2, 0.25) is 0 Å². The van der Waals surface area contributed by atoms with Crippen LogP contribution in [0.4, 0.5) is 5.82 Å². The van der Waals surface area contributed by atoms with Gasteiger partial charge in [0.05, 0.1) is 11.4 Å². The van der Waals surface area contributed by atoms with Gasteiger partial charge in [-0.25, -0.2) is 4.79 Å². The van der Waals surface area contributed by atoms with Crippen molar-refractivity contribution >= 4 is 5.82 Å². The van der Waals surface area contributed by atoms with Crippen LogP contribution >= 0.6 is 0 Å². The summed E-state index contributed by atoms with van der Waals surface area (Å²) in [6.07, 6.45) is 0. The van der Waals surface area contributed by atoms with Gasteiger partial charge in [-0.1, -0.05) is 86.6 Å². The highest BCUT2D eigenvalue weighted by Gasteiger charge is 2.17. The van der Waals surface area contributed by atoms with E-state index >= 15 is 0 Å². The van der Waals surface area contributed by atoms with Crippen LogP contribution in [0.15, 0.2) is 89.7 Å². The van der Waals surface area contributed by atoms with Crippen LogP contribution < -0.4 is 11.0 Å². The van der Waals surface area contributed by atoms with Crippen LogP contribution in [0.5, 0.6) is 0 Å². The highest BCUT2D eigenvalue weighted by atomic mass is 16.1. The minimum atomic E-state index is -0.156. The van der Waals surface area contributed by atoms with Crippen LogP contribution in [0, 0.1) is 0 Å². The standard InChI is InChI=1S/C25H25N3O/c1-18(2)20-13-15-22(16-14-20)28-23(21-11-7-4-8-12-21)24(27-25(28)29)26-17-19-9-5-3-6-10-19/h3-16,18,26H,17H2,1-2H3,(H,27,29). The quantitative estimate of drug-likeness (QED) is 0.457. The lowest BCUT2D eigenvalue weighted by Gasteiger charge is -2.12. The van der Waals surface area contributed by atoms with E-state index in [4.69, 9.17) is 0 Å². The van der Waals surface area contributed by atoms with Gasteiger partial charge in [-0.3, -0.25) is 9.55 Å². The van der Waals surface area contributed by atoms with E-state index in [0.717, 1.165) is 28.3 Å². The zero-order chi connectivity index (χ0) is 20.2. The lowest BCUT2D eigenvalue weighted by atomic mass is 10.0. The Kier molecular flexibility index (Phi) is 5.34. The molecule has 0 aliphatic heterocycles. The monoisotopic (exact) mass is 383 g/mol. The number of hydrogen-bond acceptors (Lipinski definition) is 2. The van der Waals surface area contributed by atoms with E-state index in [-0.39, 0.29) is 5.69 Å². The molecule has 0 atom stereocenters. The first-order valence-electron chi connectivity index (χ1n) is 9.92. The summed E-state index contributed by atoms with van der Waals surface area (Å²) >= 11 is 0. The SMILES string of the molecule is CC(C)c1ccc(-n2c(-c3ccccc3)c(NCc3ccccc3)[nH]c2=O)cc1. The molecule has 0 aliphatic rings. The topological polar surface area (TPSA) is 49.8 Å². The fraction of sp³-hybridized carbons (Fsp3) is 0.160. The minimum Gasteiger partial charge on any atom is -0.366 e. The predicted octanol–water partition coefficient (Wildman–Crippen LogP) is 5.57. The van der Waals surface area contributed by atoms with Crippen molar-refractivity contribution in [2.75, 3.05) is 5.32 Å². The Bertz CT molecular complexity index is 1120. The summed E-state index contributed by atoms with van der Waals surface area (Å²) in [7, 11) is 0. The van der Waals surface area contributed by atoms with E-state index in [1.807, 2.05) is 60.7 Å². The van der Waals surface area contributed by atoms with Gasteiger partial charge in [0.1, 0.15) is 5.82 Å². The van der Waals surface area contributed by atoms with E-state index in [1.54, 1.807) is 4.57 Å². The number of anilines is 1. The van der Waals surface area contributed by atoms with Gasteiger partial charge >= 0.3 is 5.69 Å². The Morgan fingerprint density at radius 3 is 2.10 bits per heavy atom. The molecule has 0 fully saturated rings. The molecule has 4 aromatic rings. The molecule has 0 amide bonds. The highest BCUT2D eigenvalue weighted by Crippen LogP contribution is 2.29. The number of rotatable bonds is 6. The molecular formula is C25H25N3O. The van der Waals surface area contributed by atoms with Crippen molar-refractivity contribution in [2.45, 2.75) is 26.3 Å². The smallest absolute Gasteiger partial charge is 0.332 e. The molecule has 0 radical (unpaired) electrons. The third-order valence-corrected chi connectivity index (χ3v) is 5.07. The van der Waals surface area contributed by atoms with Crippen LogP contribution in [-0.4, -0.2) is 9.55 Å². The lowest BCUT2D eigenvalue weighted by molar-refractivity contribution is 0.864. The Morgan fingerprint density at radius 1 is 0.862 bits per heavy atom. The Hall–Kier alpha value is -3.53. The van der Waals surface area contributed by atoms with E-state index in [1.165, 1.54) is 5.56 Å². The third-order valence-electron chi connectivity index (χ3n) is 5.07. The summed E-state index contributed by atoms with van der Waals surface area (Å²) in [6.45, 7) is 4.96. The summed E-state index contributed by atoms with van der Waals surface area (Å²) in [4.78, 5) is 15.9. The molecule has 0 saturated carbocycles. The molecule has 2 N–H and O–H groups in total. The van der Waals surface area contributed by atoms with E-state index in [0.29, 0.717) is 12.5 Å². The maximum atomic E-state index is 12.9. The van der Waals surface area contributed by atoms with Crippen LogP contribution in [0.1, 0.15) is 30.9 Å². The van der Waals surface area contributed by atoms with Crippen LogP contribution in [0.25, 0.3) is 16.9 Å². The van der Waals surface area contributed by atoms with Crippen LogP contribution in [-0.2, 0) is 6.54 Å². The van der Waals surface area contributed by atoms with Crippen molar-refractivity contribution < 1.29 is 0 Å². The molecule has 0 aliphatic carbocycles. The number of nitrogens with zero attached hydrogens (tertiary/aromatic N) is 1. The lowest BCUT2D eigenvalue weighted by Crippen LogP contribution is -2.15. The number of aromatic nitrogens is 2.